The number of ether oxygens (including phenoxy) is 1. The van der Waals surface area contributed by atoms with Crippen LogP contribution in [-0.2, 0) is 4.74 Å². The van der Waals surface area contributed by atoms with Gasteiger partial charge in [0.05, 0.1) is 6.54 Å². The third-order valence-electron chi connectivity index (χ3n) is 1.03. The molecule has 78 valence electrons. The summed E-state index contributed by atoms with van der Waals surface area (Å²) in [7, 11) is 0. The van der Waals surface area contributed by atoms with E-state index in [1.165, 1.54) is 0 Å². The molecule has 0 rings (SSSR count). The maximum absolute atomic E-state index is 12.6. The van der Waals surface area contributed by atoms with E-state index in [1.807, 2.05) is 0 Å². The first-order chi connectivity index (χ1) is 5.85. The number of halogens is 2. The number of rotatable bonds is 3. The number of alkyl halides is 2. The summed E-state index contributed by atoms with van der Waals surface area (Å²) in [5, 5.41) is 2.53. The number of amides is 1. The molecule has 0 aromatic heterocycles. The minimum Gasteiger partial charge on any atom is -0.444 e. The van der Waals surface area contributed by atoms with Gasteiger partial charge in [-0.15, -0.1) is 0 Å². The molecule has 0 saturated carbocycles. The summed E-state index contributed by atoms with van der Waals surface area (Å²) < 4.78 is 17.5. The van der Waals surface area contributed by atoms with E-state index in [4.69, 9.17) is 4.74 Å². The van der Waals surface area contributed by atoms with Gasteiger partial charge >= 0.3 is 6.09 Å². The van der Waals surface area contributed by atoms with Crippen LogP contribution in [0.15, 0.2) is 0 Å². The molecule has 0 saturated heterocycles. The van der Waals surface area contributed by atoms with Crippen molar-refractivity contribution < 1.29 is 13.9 Å². The summed E-state index contributed by atoms with van der Waals surface area (Å²) in [4.78, 5) is 11.0. The minimum atomic E-state index is -1.08. The second kappa shape index (κ2) is 5.42. The fourth-order valence-electron chi connectivity index (χ4n) is 0.563. The topological polar surface area (TPSA) is 38.3 Å². The van der Waals surface area contributed by atoms with Crippen molar-refractivity contribution in [3.05, 3.63) is 0 Å². The van der Waals surface area contributed by atoms with Crippen LogP contribution in [-0.4, -0.2) is 29.7 Å². The Morgan fingerprint density at radius 2 is 2.15 bits per heavy atom. The van der Waals surface area contributed by atoms with Crippen molar-refractivity contribution in [2.45, 2.75) is 32.5 Å². The highest BCUT2D eigenvalue weighted by molar-refractivity contribution is 9.09. The molecule has 5 heteroatoms. The molecule has 1 atom stereocenters. The Bertz CT molecular complexity index is 170. The smallest absolute Gasteiger partial charge is 0.407 e. The van der Waals surface area contributed by atoms with Crippen LogP contribution in [0.1, 0.15) is 20.8 Å². The zero-order valence-electron chi connectivity index (χ0n) is 8.06. The van der Waals surface area contributed by atoms with Crippen molar-refractivity contribution in [1.29, 1.82) is 0 Å². The largest absolute Gasteiger partial charge is 0.444 e. The number of carbonyl (C=O) groups excluding carboxylic acids is 1. The summed E-state index contributed by atoms with van der Waals surface area (Å²) in [5.74, 6) is 0. The van der Waals surface area contributed by atoms with Crippen molar-refractivity contribution in [3.8, 4) is 0 Å². The quantitative estimate of drug-likeness (QED) is 0.786. The van der Waals surface area contributed by atoms with Gasteiger partial charge in [0.2, 0.25) is 0 Å². The first-order valence-corrected chi connectivity index (χ1v) is 5.14. The third-order valence-corrected chi connectivity index (χ3v) is 1.74. The predicted molar refractivity (Wildman–Crippen MR) is 52.9 cm³/mol. The average molecular weight is 256 g/mol. The van der Waals surface area contributed by atoms with Crippen LogP contribution in [0.2, 0.25) is 0 Å². The van der Waals surface area contributed by atoms with Gasteiger partial charge in [-0.3, -0.25) is 0 Å². The second-order valence-corrected chi connectivity index (χ2v) is 4.28. The molecule has 0 fully saturated rings. The average Bonchev–Trinajstić information content (AvgIpc) is 1.97. The zero-order valence-corrected chi connectivity index (χ0v) is 9.65. The lowest BCUT2D eigenvalue weighted by Gasteiger charge is -2.19. The van der Waals surface area contributed by atoms with Gasteiger partial charge in [0.1, 0.15) is 11.8 Å². The standard InChI is InChI=1S/C8H15BrFNO2/c1-8(2,3)13-7(12)11-5-6(10)4-9/h6H,4-5H2,1-3H3,(H,11,12)/t6-/m0/s1. The van der Waals surface area contributed by atoms with Gasteiger partial charge in [0, 0.05) is 5.33 Å². The number of hydrogen-bond acceptors (Lipinski definition) is 2. The molecule has 0 heterocycles. The fourth-order valence-corrected chi connectivity index (χ4v) is 0.792. The predicted octanol–water partition coefficient (Wildman–Crippen LogP) is 2.24. The maximum Gasteiger partial charge on any atom is 0.407 e. The van der Waals surface area contributed by atoms with Crippen LogP contribution in [0.5, 0.6) is 0 Å². The second-order valence-electron chi connectivity index (χ2n) is 3.63. The Morgan fingerprint density at radius 3 is 2.54 bits per heavy atom. The molecule has 0 unspecified atom stereocenters. The van der Waals surface area contributed by atoms with E-state index < -0.39 is 17.9 Å². The van der Waals surface area contributed by atoms with E-state index in [0.717, 1.165) is 0 Å². The molecule has 1 N–H and O–H groups in total. The molecule has 0 spiro atoms. The molecule has 0 radical (unpaired) electrons. The van der Waals surface area contributed by atoms with Gasteiger partial charge in [0.15, 0.2) is 0 Å². The van der Waals surface area contributed by atoms with Gasteiger partial charge in [-0.1, -0.05) is 15.9 Å². The van der Waals surface area contributed by atoms with Crippen LogP contribution in [0.4, 0.5) is 9.18 Å². The Kier molecular flexibility index (Phi) is 5.29. The Hall–Kier alpha value is -0.320. The van der Waals surface area contributed by atoms with E-state index in [9.17, 15) is 9.18 Å². The Labute approximate surface area is 86.2 Å². The molecule has 0 aromatic carbocycles. The highest BCUT2D eigenvalue weighted by atomic mass is 79.9. The molecule has 0 bridgehead atoms. The van der Waals surface area contributed by atoms with Crippen molar-refractivity contribution in [1.82, 2.24) is 5.32 Å². The van der Waals surface area contributed by atoms with Crippen LogP contribution < -0.4 is 5.32 Å². The SMILES string of the molecule is CC(C)(C)OC(=O)NC[C@@H](F)CBr. The van der Waals surface area contributed by atoms with Crippen LogP contribution in [0, 0.1) is 0 Å². The number of carbonyl (C=O) groups is 1. The Balaban J connectivity index is 3.64. The van der Waals surface area contributed by atoms with E-state index in [2.05, 4.69) is 21.2 Å². The monoisotopic (exact) mass is 255 g/mol. The van der Waals surface area contributed by atoms with E-state index in [1.54, 1.807) is 20.8 Å². The van der Waals surface area contributed by atoms with Crippen molar-refractivity contribution in [2.75, 3.05) is 11.9 Å². The van der Waals surface area contributed by atoms with Crippen LogP contribution in [0.25, 0.3) is 0 Å². The van der Waals surface area contributed by atoms with Crippen molar-refractivity contribution in [2.24, 2.45) is 0 Å². The molecule has 3 nitrogen and oxygen atoms in total. The number of nitrogens with one attached hydrogen (secondary N) is 1. The highest BCUT2D eigenvalue weighted by Crippen LogP contribution is 2.06. The van der Waals surface area contributed by atoms with E-state index in [-0.39, 0.29) is 11.9 Å². The van der Waals surface area contributed by atoms with E-state index >= 15 is 0 Å². The van der Waals surface area contributed by atoms with Gasteiger partial charge in [-0.2, -0.15) is 0 Å². The van der Waals surface area contributed by atoms with Crippen LogP contribution in [0.3, 0.4) is 0 Å². The summed E-state index contributed by atoms with van der Waals surface area (Å²) in [6.45, 7) is 5.23. The Morgan fingerprint density at radius 1 is 1.62 bits per heavy atom. The maximum atomic E-state index is 12.6. The number of alkyl carbamates (subject to hydrolysis) is 1. The lowest BCUT2D eigenvalue weighted by atomic mass is 10.2. The highest BCUT2D eigenvalue weighted by Gasteiger charge is 2.16. The van der Waals surface area contributed by atoms with E-state index in [0.29, 0.717) is 0 Å². The lowest BCUT2D eigenvalue weighted by Crippen LogP contribution is -2.36. The first-order valence-electron chi connectivity index (χ1n) is 4.02. The lowest BCUT2D eigenvalue weighted by molar-refractivity contribution is 0.0516. The molecule has 0 aliphatic rings. The summed E-state index contributed by atoms with van der Waals surface area (Å²) in [5.41, 5.74) is -0.537. The minimum absolute atomic E-state index is 0.0276. The van der Waals surface area contributed by atoms with Crippen molar-refractivity contribution >= 4 is 22.0 Å². The zero-order chi connectivity index (χ0) is 10.5. The number of hydrogen-bond donors (Lipinski definition) is 1. The summed E-state index contributed by atoms with van der Waals surface area (Å²) in [6, 6.07) is 0. The van der Waals surface area contributed by atoms with Crippen molar-refractivity contribution in [3.63, 3.8) is 0 Å². The molecule has 0 aliphatic carbocycles. The molecule has 1 amide bonds. The normalized spacial score (nSPS) is 13.6. The summed E-state index contributed by atoms with van der Waals surface area (Å²) in [6.07, 6.45) is -1.66. The fraction of sp³-hybridized carbons (Fsp3) is 0.875. The van der Waals surface area contributed by atoms with Gasteiger partial charge in [-0.05, 0) is 20.8 Å². The molecular weight excluding hydrogens is 241 g/mol. The van der Waals surface area contributed by atoms with Crippen LogP contribution >= 0.6 is 15.9 Å². The molecule has 0 aliphatic heterocycles. The summed E-state index contributed by atoms with van der Waals surface area (Å²) >= 11 is 2.96. The molecular formula is C8H15BrFNO2. The van der Waals surface area contributed by atoms with Gasteiger partial charge in [-0.25, -0.2) is 9.18 Å². The van der Waals surface area contributed by atoms with Gasteiger partial charge < -0.3 is 10.1 Å². The first kappa shape index (κ1) is 12.7. The van der Waals surface area contributed by atoms with Gasteiger partial charge in [0.25, 0.3) is 0 Å². The third kappa shape index (κ3) is 8.02. The molecule has 13 heavy (non-hydrogen) atoms. The molecule has 0 aromatic rings.